The zero-order chi connectivity index (χ0) is 13.5. The van der Waals surface area contributed by atoms with E-state index in [4.69, 9.17) is 10.3 Å². The van der Waals surface area contributed by atoms with Crippen molar-refractivity contribution in [1.82, 2.24) is 10.1 Å². The van der Waals surface area contributed by atoms with Crippen LogP contribution in [0.2, 0.25) is 0 Å². The van der Waals surface area contributed by atoms with Crippen LogP contribution in [0.3, 0.4) is 0 Å². The van der Waals surface area contributed by atoms with E-state index in [0.717, 1.165) is 36.7 Å². The molecule has 1 aromatic heterocycles. The summed E-state index contributed by atoms with van der Waals surface area (Å²) in [4.78, 5) is 4.60. The molecule has 1 aliphatic rings. The van der Waals surface area contributed by atoms with Crippen molar-refractivity contribution in [3.63, 3.8) is 0 Å². The summed E-state index contributed by atoms with van der Waals surface area (Å²) >= 11 is 0. The normalized spacial score (nSPS) is 18.2. The van der Waals surface area contributed by atoms with Gasteiger partial charge in [-0.2, -0.15) is 4.98 Å². The van der Waals surface area contributed by atoms with Crippen molar-refractivity contribution >= 4 is 5.69 Å². The standard InChI is InChI=1S/C15H19N3O/c1-3-10(2)13-17-14(19-18-13)15(8-9-15)11-4-6-12(16)7-5-11/h4-7,10H,3,8-9,16H2,1-2H3. The molecule has 1 heterocycles. The first-order valence-corrected chi connectivity index (χ1v) is 6.86. The van der Waals surface area contributed by atoms with E-state index < -0.39 is 0 Å². The molecular formula is C15H19N3O. The van der Waals surface area contributed by atoms with E-state index in [-0.39, 0.29) is 5.41 Å². The molecule has 1 aromatic carbocycles. The lowest BCUT2D eigenvalue weighted by Crippen LogP contribution is -2.09. The van der Waals surface area contributed by atoms with Gasteiger partial charge in [0, 0.05) is 11.6 Å². The van der Waals surface area contributed by atoms with Gasteiger partial charge in [0.05, 0.1) is 5.41 Å². The van der Waals surface area contributed by atoms with Gasteiger partial charge in [-0.05, 0) is 37.0 Å². The zero-order valence-corrected chi connectivity index (χ0v) is 11.4. The number of nitrogens with zero attached hydrogens (tertiary/aromatic N) is 2. The third kappa shape index (κ3) is 2.01. The first-order chi connectivity index (χ1) is 9.15. The predicted molar refractivity (Wildman–Crippen MR) is 73.9 cm³/mol. The molecule has 19 heavy (non-hydrogen) atoms. The van der Waals surface area contributed by atoms with Crippen molar-refractivity contribution in [2.45, 2.75) is 44.4 Å². The smallest absolute Gasteiger partial charge is 0.237 e. The summed E-state index contributed by atoms with van der Waals surface area (Å²) in [5.41, 5.74) is 7.68. The Morgan fingerprint density at radius 2 is 2.00 bits per heavy atom. The van der Waals surface area contributed by atoms with Crippen LogP contribution in [0, 0.1) is 0 Å². The minimum absolute atomic E-state index is 0.0631. The molecule has 1 unspecified atom stereocenters. The lowest BCUT2D eigenvalue weighted by molar-refractivity contribution is 0.353. The fraction of sp³-hybridized carbons (Fsp3) is 0.467. The van der Waals surface area contributed by atoms with E-state index in [1.165, 1.54) is 5.56 Å². The molecule has 1 atom stereocenters. The summed E-state index contributed by atoms with van der Waals surface area (Å²) in [5, 5.41) is 4.13. The van der Waals surface area contributed by atoms with Crippen LogP contribution in [0.1, 0.15) is 56.3 Å². The van der Waals surface area contributed by atoms with Gasteiger partial charge < -0.3 is 10.3 Å². The molecule has 1 aliphatic carbocycles. The Hall–Kier alpha value is -1.84. The summed E-state index contributed by atoms with van der Waals surface area (Å²) in [6.07, 6.45) is 3.16. The Bertz CT molecular complexity index is 569. The van der Waals surface area contributed by atoms with Crippen molar-refractivity contribution in [2.24, 2.45) is 0 Å². The predicted octanol–water partition coefficient (Wildman–Crippen LogP) is 3.25. The van der Waals surface area contributed by atoms with Crippen molar-refractivity contribution < 1.29 is 4.52 Å². The minimum atomic E-state index is -0.0631. The van der Waals surface area contributed by atoms with Crippen molar-refractivity contribution in [3.05, 3.63) is 41.5 Å². The minimum Gasteiger partial charge on any atom is -0.399 e. The van der Waals surface area contributed by atoms with Crippen LogP contribution >= 0.6 is 0 Å². The third-order valence-corrected chi connectivity index (χ3v) is 4.12. The maximum Gasteiger partial charge on any atom is 0.237 e. The van der Waals surface area contributed by atoms with Gasteiger partial charge >= 0.3 is 0 Å². The topological polar surface area (TPSA) is 64.9 Å². The highest BCUT2D eigenvalue weighted by atomic mass is 16.5. The van der Waals surface area contributed by atoms with Crippen molar-refractivity contribution in [1.29, 1.82) is 0 Å². The number of anilines is 1. The monoisotopic (exact) mass is 257 g/mol. The highest BCUT2D eigenvalue weighted by Crippen LogP contribution is 2.53. The molecule has 4 heteroatoms. The number of hydrogen-bond acceptors (Lipinski definition) is 4. The number of rotatable bonds is 4. The molecule has 0 aliphatic heterocycles. The Morgan fingerprint density at radius 3 is 2.58 bits per heavy atom. The number of benzene rings is 1. The Kier molecular flexibility index (Phi) is 2.81. The fourth-order valence-corrected chi connectivity index (χ4v) is 2.37. The summed E-state index contributed by atoms with van der Waals surface area (Å²) in [7, 11) is 0. The van der Waals surface area contributed by atoms with E-state index in [1.807, 2.05) is 12.1 Å². The molecule has 3 rings (SSSR count). The second-order valence-electron chi connectivity index (χ2n) is 5.47. The highest BCUT2D eigenvalue weighted by Gasteiger charge is 2.51. The average Bonchev–Trinajstić information content (AvgIpc) is 3.09. The van der Waals surface area contributed by atoms with Crippen LogP contribution in [0.25, 0.3) is 0 Å². The van der Waals surface area contributed by atoms with E-state index >= 15 is 0 Å². The SMILES string of the molecule is CCC(C)c1noc(C2(c3ccc(N)cc3)CC2)n1. The molecule has 1 fully saturated rings. The number of hydrogen-bond donors (Lipinski definition) is 1. The van der Waals surface area contributed by atoms with E-state index in [0.29, 0.717) is 5.92 Å². The van der Waals surface area contributed by atoms with Gasteiger partial charge in [0.25, 0.3) is 0 Å². The van der Waals surface area contributed by atoms with Crippen molar-refractivity contribution in [2.75, 3.05) is 5.73 Å². The van der Waals surface area contributed by atoms with Crippen LogP contribution < -0.4 is 5.73 Å². The quantitative estimate of drug-likeness (QED) is 0.854. The average molecular weight is 257 g/mol. The van der Waals surface area contributed by atoms with Gasteiger partial charge in [-0.3, -0.25) is 0 Å². The molecule has 100 valence electrons. The second kappa shape index (κ2) is 4.37. The first kappa shape index (κ1) is 12.2. The molecule has 2 N–H and O–H groups in total. The van der Waals surface area contributed by atoms with Crippen molar-refractivity contribution in [3.8, 4) is 0 Å². The van der Waals surface area contributed by atoms with Crippen LogP contribution in [-0.2, 0) is 5.41 Å². The molecule has 2 aromatic rings. The zero-order valence-electron chi connectivity index (χ0n) is 11.4. The van der Waals surface area contributed by atoms with Gasteiger partial charge in [-0.1, -0.05) is 31.1 Å². The number of aromatic nitrogens is 2. The molecule has 0 saturated heterocycles. The molecule has 0 bridgehead atoms. The van der Waals surface area contributed by atoms with Gasteiger partial charge in [0.15, 0.2) is 5.82 Å². The molecular weight excluding hydrogens is 238 g/mol. The van der Waals surface area contributed by atoms with Crippen LogP contribution in [-0.4, -0.2) is 10.1 Å². The van der Waals surface area contributed by atoms with E-state index in [9.17, 15) is 0 Å². The Morgan fingerprint density at radius 1 is 1.32 bits per heavy atom. The van der Waals surface area contributed by atoms with Crippen LogP contribution in [0.4, 0.5) is 5.69 Å². The fourth-order valence-electron chi connectivity index (χ4n) is 2.37. The number of nitrogens with two attached hydrogens (primary N) is 1. The lowest BCUT2D eigenvalue weighted by atomic mass is 9.95. The molecule has 0 radical (unpaired) electrons. The Balaban J connectivity index is 1.92. The molecule has 1 saturated carbocycles. The Labute approximate surface area is 113 Å². The summed E-state index contributed by atoms with van der Waals surface area (Å²) < 4.78 is 5.51. The van der Waals surface area contributed by atoms with Gasteiger partial charge in [0.1, 0.15) is 0 Å². The second-order valence-corrected chi connectivity index (χ2v) is 5.47. The number of nitrogen functional groups attached to an aromatic ring is 1. The van der Waals surface area contributed by atoms with Crippen LogP contribution in [0.15, 0.2) is 28.8 Å². The third-order valence-electron chi connectivity index (χ3n) is 4.12. The molecule has 0 amide bonds. The van der Waals surface area contributed by atoms with Crippen LogP contribution in [0.5, 0.6) is 0 Å². The lowest BCUT2D eigenvalue weighted by Gasteiger charge is -2.10. The summed E-state index contributed by atoms with van der Waals surface area (Å²) in [6, 6.07) is 7.99. The van der Waals surface area contributed by atoms with Gasteiger partial charge in [0.2, 0.25) is 5.89 Å². The molecule has 0 spiro atoms. The van der Waals surface area contributed by atoms with Gasteiger partial charge in [-0.25, -0.2) is 0 Å². The summed E-state index contributed by atoms with van der Waals surface area (Å²) in [5.74, 6) is 1.92. The highest BCUT2D eigenvalue weighted by molar-refractivity contribution is 5.46. The largest absolute Gasteiger partial charge is 0.399 e. The molecule has 4 nitrogen and oxygen atoms in total. The maximum atomic E-state index is 5.74. The maximum absolute atomic E-state index is 5.74. The first-order valence-electron chi connectivity index (χ1n) is 6.86. The van der Waals surface area contributed by atoms with Gasteiger partial charge in [-0.15, -0.1) is 0 Å². The van der Waals surface area contributed by atoms with E-state index in [2.05, 4.69) is 36.1 Å². The van der Waals surface area contributed by atoms with E-state index in [1.54, 1.807) is 0 Å². The summed E-state index contributed by atoms with van der Waals surface area (Å²) in [6.45, 7) is 4.25.